The zero-order valence-corrected chi connectivity index (χ0v) is 13.6. The molecule has 0 fully saturated rings. The minimum absolute atomic E-state index is 0.0554. The predicted molar refractivity (Wildman–Crippen MR) is 86.1 cm³/mol. The van der Waals surface area contributed by atoms with E-state index < -0.39 is 0 Å². The Labute approximate surface area is 127 Å². The molecule has 3 heteroatoms. The van der Waals surface area contributed by atoms with Crippen LogP contribution in [0.2, 0.25) is 0 Å². The average molecular weight is 287 g/mol. The number of aliphatic hydroxyl groups excluding tert-OH is 1. The maximum Gasteiger partial charge on any atom is 0.251 e. The van der Waals surface area contributed by atoms with Gasteiger partial charge in [-0.05, 0) is 36.0 Å². The highest BCUT2D eigenvalue weighted by Gasteiger charge is 2.23. The van der Waals surface area contributed by atoms with Gasteiger partial charge in [0.15, 0.2) is 0 Å². The summed E-state index contributed by atoms with van der Waals surface area (Å²) in [4.78, 5) is 12.2. The number of rotatable bonds is 4. The average Bonchev–Trinajstić information content (AvgIpc) is 2.43. The summed E-state index contributed by atoms with van der Waals surface area (Å²) in [6.07, 6.45) is 0. The smallest absolute Gasteiger partial charge is 0.251 e. The number of carbonyl (C=O) groups excluding carboxylic acids is 1. The lowest BCUT2D eigenvalue weighted by Gasteiger charge is -2.29. The highest BCUT2D eigenvalue weighted by Crippen LogP contribution is 2.24. The molecule has 1 aromatic carbocycles. The number of nitrogens with one attached hydrogen (secondary N) is 1. The molecule has 3 nitrogen and oxygen atoms in total. The molecule has 0 atom stereocenters. The Morgan fingerprint density at radius 2 is 2.05 bits per heavy atom. The molecule has 0 aliphatic carbocycles. The first-order valence-corrected chi connectivity index (χ1v) is 7.26. The lowest BCUT2D eigenvalue weighted by Crippen LogP contribution is -2.37. The van der Waals surface area contributed by atoms with Crippen LogP contribution in [-0.4, -0.2) is 24.2 Å². The number of benzene rings is 1. The molecule has 114 valence electrons. The normalized spacial score (nSPS) is 11.0. The molecule has 0 unspecified atom stereocenters. The molecule has 0 saturated carbocycles. The molecule has 0 bridgehead atoms. The third-order valence-electron chi connectivity index (χ3n) is 4.07. The van der Waals surface area contributed by atoms with Crippen LogP contribution >= 0.6 is 0 Å². The summed E-state index contributed by atoms with van der Waals surface area (Å²) in [5.74, 6) is 5.89. The highest BCUT2D eigenvalue weighted by molar-refractivity contribution is 5.94. The van der Waals surface area contributed by atoms with E-state index in [1.54, 1.807) is 12.1 Å². The van der Waals surface area contributed by atoms with E-state index in [-0.39, 0.29) is 17.9 Å². The molecule has 0 heterocycles. The van der Waals surface area contributed by atoms with Crippen molar-refractivity contribution in [2.24, 2.45) is 11.3 Å². The van der Waals surface area contributed by atoms with Crippen molar-refractivity contribution in [3.63, 3.8) is 0 Å². The summed E-state index contributed by atoms with van der Waals surface area (Å²) >= 11 is 0. The van der Waals surface area contributed by atoms with E-state index in [1.807, 2.05) is 13.0 Å². The van der Waals surface area contributed by atoms with Crippen LogP contribution in [0.3, 0.4) is 0 Å². The maximum absolute atomic E-state index is 12.2. The Kier molecular flexibility index (Phi) is 5.99. The first kappa shape index (κ1) is 17.3. The molecule has 2 N–H and O–H groups in total. The number of aryl methyl sites for hydroxylation is 1. The van der Waals surface area contributed by atoms with Crippen molar-refractivity contribution < 1.29 is 9.90 Å². The number of hydrogen-bond acceptors (Lipinski definition) is 2. The Hall–Kier alpha value is -1.79. The molecular formula is C18H25NO2. The van der Waals surface area contributed by atoms with Crippen LogP contribution in [0, 0.1) is 30.1 Å². The predicted octanol–water partition coefficient (Wildman–Crippen LogP) is 2.75. The Morgan fingerprint density at radius 3 is 2.62 bits per heavy atom. The fraction of sp³-hybridized carbons (Fsp3) is 0.500. The highest BCUT2D eigenvalue weighted by atomic mass is 16.2. The second-order valence-electron chi connectivity index (χ2n) is 6.32. The van der Waals surface area contributed by atoms with Crippen LogP contribution in [0.1, 0.15) is 49.2 Å². The van der Waals surface area contributed by atoms with E-state index in [9.17, 15) is 4.79 Å². The van der Waals surface area contributed by atoms with Gasteiger partial charge >= 0.3 is 0 Å². The second kappa shape index (κ2) is 7.28. The molecule has 0 aromatic heterocycles. The van der Waals surface area contributed by atoms with Crippen LogP contribution in [0.25, 0.3) is 0 Å². The zero-order valence-electron chi connectivity index (χ0n) is 13.6. The van der Waals surface area contributed by atoms with Gasteiger partial charge in [0.25, 0.3) is 5.91 Å². The summed E-state index contributed by atoms with van der Waals surface area (Å²) < 4.78 is 0. The molecule has 0 aliphatic heterocycles. The van der Waals surface area contributed by atoms with Gasteiger partial charge in [-0.2, -0.15) is 0 Å². The molecule has 1 rings (SSSR count). The lowest BCUT2D eigenvalue weighted by atomic mass is 9.81. The van der Waals surface area contributed by atoms with Crippen LogP contribution < -0.4 is 5.32 Å². The molecular weight excluding hydrogens is 262 g/mol. The fourth-order valence-corrected chi connectivity index (χ4v) is 1.65. The third-order valence-corrected chi connectivity index (χ3v) is 4.07. The molecule has 0 aliphatic rings. The van der Waals surface area contributed by atoms with Gasteiger partial charge in [0.2, 0.25) is 0 Å². The number of amides is 1. The number of hydrogen-bond donors (Lipinski definition) is 2. The first-order chi connectivity index (χ1) is 9.77. The van der Waals surface area contributed by atoms with Gasteiger partial charge in [-0.1, -0.05) is 45.6 Å². The van der Waals surface area contributed by atoms with Crippen molar-refractivity contribution in [2.45, 2.75) is 34.6 Å². The second-order valence-corrected chi connectivity index (χ2v) is 6.32. The lowest BCUT2D eigenvalue weighted by molar-refractivity contribution is 0.0925. The van der Waals surface area contributed by atoms with E-state index in [0.717, 1.165) is 11.1 Å². The summed E-state index contributed by atoms with van der Waals surface area (Å²) in [7, 11) is 0. The van der Waals surface area contributed by atoms with Crippen LogP contribution in [-0.2, 0) is 0 Å². The summed E-state index contributed by atoms with van der Waals surface area (Å²) in [5, 5.41) is 11.8. The van der Waals surface area contributed by atoms with E-state index in [1.165, 1.54) is 0 Å². The molecule has 1 amide bonds. The first-order valence-electron chi connectivity index (χ1n) is 7.26. The van der Waals surface area contributed by atoms with Gasteiger partial charge in [0.1, 0.15) is 6.61 Å². The number of aliphatic hydroxyl groups is 1. The zero-order chi connectivity index (χ0) is 16.0. The van der Waals surface area contributed by atoms with Gasteiger partial charge in [-0.3, -0.25) is 4.79 Å². The molecule has 0 saturated heterocycles. The van der Waals surface area contributed by atoms with Crippen LogP contribution in [0.4, 0.5) is 0 Å². The van der Waals surface area contributed by atoms with Crippen molar-refractivity contribution in [1.82, 2.24) is 5.32 Å². The van der Waals surface area contributed by atoms with Gasteiger partial charge in [-0.15, -0.1) is 0 Å². The van der Waals surface area contributed by atoms with Crippen molar-refractivity contribution in [2.75, 3.05) is 13.2 Å². The van der Waals surface area contributed by atoms with Gasteiger partial charge in [0.05, 0.1) is 0 Å². The third kappa shape index (κ3) is 4.91. The fourth-order valence-electron chi connectivity index (χ4n) is 1.65. The van der Waals surface area contributed by atoms with E-state index in [4.69, 9.17) is 5.11 Å². The quantitative estimate of drug-likeness (QED) is 0.837. The van der Waals surface area contributed by atoms with Crippen LogP contribution in [0.15, 0.2) is 18.2 Å². The van der Waals surface area contributed by atoms with Crippen molar-refractivity contribution in [3.8, 4) is 11.8 Å². The van der Waals surface area contributed by atoms with Gasteiger partial charge in [-0.25, -0.2) is 0 Å². The van der Waals surface area contributed by atoms with Crippen molar-refractivity contribution in [1.29, 1.82) is 0 Å². The molecule has 0 spiro atoms. The standard InChI is InChI=1S/C18H25NO2/c1-13(2)18(4,5)12-19-17(21)16-9-8-14(3)15(11-16)7-6-10-20/h8-9,11,13,20H,10,12H2,1-5H3,(H,19,21). The van der Waals surface area contributed by atoms with Crippen molar-refractivity contribution >= 4 is 5.91 Å². The number of carbonyl (C=O) groups is 1. The Bertz CT molecular complexity index is 562. The Morgan fingerprint density at radius 1 is 1.38 bits per heavy atom. The SMILES string of the molecule is Cc1ccc(C(=O)NCC(C)(C)C(C)C)cc1C#CCO. The van der Waals surface area contributed by atoms with Gasteiger partial charge < -0.3 is 10.4 Å². The monoisotopic (exact) mass is 287 g/mol. The topological polar surface area (TPSA) is 49.3 Å². The summed E-state index contributed by atoms with van der Waals surface area (Å²) in [5.41, 5.74) is 2.43. The van der Waals surface area contributed by atoms with Crippen molar-refractivity contribution in [3.05, 3.63) is 34.9 Å². The molecule has 0 radical (unpaired) electrons. The summed E-state index contributed by atoms with van der Waals surface area (Å²) in [6.45, 7) is 11.0. The largest absolute Gasteiger partial charge is 0.384 e. The summed E-state index contributed by atoms with van der Waals surface area (Å²) in [6, 6.07) is 5.46. The van der Waals surface area contributed by atoms with Gasteiger partial charge in [0, 0.05) is 17.7 Å². The minimum Gasteiger partial charge on any atom is -0.384 e. The molecule has 1 aromatic rings. The van der Waals surface area contributed by atoms with E-state index in [2.05, 4.69) is 44.9 Å². The molecule has 21 heavy (non-hydrogen) atoms. The maximum atomic E-state index is 12.2. The van der Waals surface area contributed by atoms with E-state index in [0.29, 0.717) is 18.0 Å². The minimum atomic E-state index is -0.182. The van der Waals surface area contributed by atoms with E-state index >= 15 is 0 Å². The Balaban J connectivity index is 2.84. The van der Waals surface area contributed by atoms with Crippen LogP contribution in [0.5, 0.6) is 0 Å².